The first-order valence-electron chi connectivity index (χ1n) is 7.38. The van der Waals surface area contributed by atoms with Crippen molar-refractivity contribution in [2.45, 2.75) is 12.5 Å². The molecule has 1 nitrogen and oxygen atoms in total. The Morgan fingerprint density at radius 3 is 2.48 bits per heavy atom. The summed E-state index contributed by atoms with van der Waals surface area (Å²) in [6, 6.07) is 17.4. The SMILES string of the molecule is O[C@@H]1CC=Cc2c1cc1ccc3cccc4ccc2c1c34. The third kappa shape index (κ3) is 1.39. The lowest BCUT2D eigenvalue weighted by Crippen LogP contribution is -2.03. The second kappa shape index (κ2) is 3.84. The zero-order chi connectivity index (χ0) is 14.0. The van der Waals surface area contributed by atoms with Crippen molar-refractivity contribution >= 4 is 38.4 Å². The van der Waals surface area contributed by atoms with E-state index in [1.165, 1.54) is 37.9 Å². The lowest BCUT2D eigenvalue weighted by atomic mass is 9.85. The van der Waals surface area contributed by atoms with Gasteiger partial charge in [-0.05, 0) is 55.9 Å². The van der Waals surface area contributed by atoms with Crippen molar-refractivity contribution in [2.24, 2.45) is 0 Å². The Balaban J connectivity index is 2.10. The quantitative estimate of drug-likeness (QED) is 0.444. The number of benzene rings is 4. The molecule has 100 valence electrons. The molecule has 1 atom stereocenters. The topological polar surface area (TPSA) is 20.2 Å². The van der Waals surface area contributed by atoms with E-state index >= 15 is 0 Å². The van der Waals surface area contributed by atoms with Crippen LogP contribution in [-0.4, -0.2) is 5.11 Å². The molecular formula is C20H14O. The minimum absolute atomic E-state index is 0.382. The predicted octanol–water partition coefficient (Wildman–Crippen LogP) is 5.03. The van der Waals surface area contributed by atoms with Gasteiger partial charge in [-0.2, -0.15) is 0 Å². The highest BCUT2D eigenvalue weighted by Crippen LogP contribution is 2.41. The molecule has 0 saturated carbocycles. The summed E-state index contributed by atoms with van der Waals surface area (Å²) in [5.74, 6) is 0. The lowest BCUT2D eigenvalue weighted by Gasteiger charge is -2.21. The summed E-state index contributed by atoms with van der Waals surface area (Å²) in [6.45, 7) is 0. The molecule has 0 amide bonds. The maximum Gasteiger partial charge on any atom is 0.0830 e. The number of rotatable bonds is 0. The van der Waals surface area contributed by atoms with Gasteiger partial charge in [-0.3, -0.25) is 0 Å². The van der Waals surface area contributed by atoms with Crippen LogP contribution in [0.25, 0.3) is 38.4 Å². The van der Waals surface area contributed by atoms with Crippen molar-refractivity contribution in [3.63, 3.8) is 0 Å². The van der Waals surface area contributed by atoms with Crippen LogP contribution in [0.3, 0.4) is 0 Å². The van der Waals surface area contributed by atoms with E-state index in [1.807, 2.05) is 0 Å². The molecule has 0 saturated heterocycles. The normalized spacial score (nSPS) is 17.9. The molecule has 0 spiro atoms. The molecule has 21 heavy (non-hydrogen) atoms. The van der Waals surface area contributed by atoms with E-state index in [4.69, 9.17) is 0 Å². The number of hydrogen-bond acceptors (Lipinski definition) is 1. The molecule has 0 heterocycles. The first-order chi connectivity index (χ1) is 10.3. The zero-order valence-electron chi connectivity index (χ0n) is 11.5. The molecule has 0 unspecified atom stereocenters. The van der Waals surface area contributed by atoms with Crippen LogP contribution in [0.4, 0.5) is 0 Å². The number of hydrogen-bond donors (Lipinski definition) is 1. The van der Waals surface area contributed by atoms with E-state index < -0.39 is 0 Å². The number of fused-ring (bicyclic) bond motifs is 2. The fourth-order valence-corrected chi connectivity index (χ4v) is 3.76. The first kappa shape index (κ1) is 11.3. The van der Waals surface area contributed by atoms with Gasteiger partial charge in [0.15, 0.2) is 0 Å². The fraction of sp³-hybridized carbons (Fsp3) is 0.100. The van der Waals surface area contributed by atoms with Gasteiger partial charge >= 0.3 is 0 Å². The van der Waals surface area contributed by atoms with Crippen molar-refractivity contribution in [3.05, 3.63) is 65.7 Å². The van der Waals surface area contributed by atoms with Crippen LogP contribution < -0.4 is 0 Å². The summed E-state index contributed by atoms with van der Waals surface area (Å²) in [6.07, 6.45) is 4.56. The largest absolute Gasteiger partial charge is 0.388 e. The van der Waals surface area contributed by atoms with E-state index in [2.05, 4.69) is 60.7 Å². The average Bonchev–Trinajstić information content (AvgIpc) is 2.53. The third-order valence-electron chi connectivity index (χ3n) is 4.72. The Bertz CT molecular complexity index is 1010. The maximum absolute atomic E-state index is 10.3. The summed E-state index contributed by atoms with van der Waals surface area (Å²) in [5.41, 5.74) is 2.24. The Morgan fingerprint density at radius 2 is 1.62 bits per heavy atom. The molecule has 0 radical (unpaired) electrons. The van der Waals surface area contributed by atoms with Crippen molar-refractivity contribution in [3.8, 4) is 0 Å². The van der Waals surface area contributed by atoms with Gasteiger partial charge in [-0.25, -0.2) is 0 Å². The predicted molar refractivity (Wildman–Crippen MR) is 88.8 cm³/mol. The second-order valence-electron chi connectivity index (χ2n) is 5.89. The van der Waals surface area contributed by atoms with Gasteiger partial charge in [0.05, 0.1) is 6.10 Å². The molecule has 1 heteroatoms. The summed E-state index contributed by atoms with van der Waals surface area (Å²) in [4.78, 5) is 0. The Kier molecular flexibility index (Phi) is 2.06. The Morgan fingerprint density at radius 1 is 0.857 bits per heavy atom. The van der Waals surface area contributed by atoms with Gasteiger partial charge in [-0.1, -0.05) is 54.6 Å². The molecular weight excluding hydrogens is 256 g/mol. The minimum atomic E-state index is -0.382. The summed E-state index contributed by atoms with van der Waals surface area (Å²) >= 11 is 0. The maximum atomic E-state index is 10.3. The molecule has 0 bridgehead atoms. The first-order valence-corrected chi connectivity index (χ1v) is 7.38. The van der Waals surface area contributed by atoms with Crippen LogP contribution in [0.15, 0.2) is 54.6 Å². The van der Waals surface area contributed by atoms with Crippen molar-refractivity contribution in [1.29, 1.82) is 0 Å². The van der Waals surface area contributed by atoms with Crippen LogP contribution in [0, 0.1) is 0 Å². The molecule has 0 fully saturated rings. The van der Waals surface area contributed by atoms with Crippen LogP contribution in [0.5, 0.6) is 0 Å². The van der Waals surface area contributed by atoms with Crippen molar-refractivity contribution in [1.82, 2.24) is 0 Å². The summed E-state index contributed by atoms with van der Waals surface area (Å²) in [7, 11) is 0. The minimum Gasteiger partial charge on any atom is -0.388 e. The smallest absolute Gasteiger partial charge is 0.0830 e. The highest BCUT2D eigenvalue weighted by atomic mass is 16.3. The molecule has 4 aromatic rings. The van der Waals surface area contributed by atoms with Crippen LogP contribution in [-0.2, 0) is 0 Å². The summed E-state index contributed by atoms with van der Waals surface area (Å²) < 4.78 is 0. The van der Waals surface area contributed by atoms with Crippen molar-refractivity contribution in [2.75, 3.05) is 0 Å². The van der Waals surface area contributed by atoms with Gasteiger partial charge in [0.25, 0.3) is 0 Å². The number of aliphatic hydroxyl groups is 1. The molecule has 1 aliphatic rings. The Hall–Kier alpha value is -2.38. The van der Waals surface area contributed by atoms with E-state index in [1.54, 1.807) is 0 Å². The zero-order valence-corrected chi connectivity index (χ0v) is 11.5. The van der Waals surface area contributed by atoms with E-state index in [-0.39, 0.29) is 6.10 Å². The van der Waals surface area contributed by atoms with Crippen LogP contribution >= 0.6 is 0 Å². The fourth-order valence-electron chi connectivity index (χ4n) is 3.76. The van der Waals surface area contributed by atoms with Crippen LogP contribution in [0.2, 0.25) is 0 Å². The Labute approximate surface area is 122 Å². The third-order valence-corrected chi connectivity index (χ3v) is 4.72. The molecule has 0 aromatic heterocycles. The molecule has 1 aliphatic carbocycles. The molecule has 0 aliphatic heterocycles. The van der Waals surface area contributed by atoms with Gasteiger partial charge in [0.1, 0.15) is 0 Å². The standard InChI is InChI=1S/C20H14O/c21-18-6-2-5-15-16-10-9-13-4-1-3-12-7-8-14(11-17(15)18)20(16)19(12)13/h1-5,7-11,18,21H,6H2/t18-/m1/s1. The number of aliphatic hydroxyl groups excluding tert-OH is 1. The van der Waals surface area contributed by atoms with Crippen LogP contribution in [0.1, 0.15) is 23.7 Å². The van der Waals surface area contributed by atoms with Gasteiger partial charge in [0.2, 0.25) is 0 Å². The second-order valence-corrected chi connectivity index (χ2v) is 5.89. The average molecular weight is 270 g/mol. The highest BCUT2D eigenvalue weighted by Gasteiger charge is 2.19. The molecule has 4 aromatic carbocycles. The van der Waals surface area contributed by atoms with E-state index in [9.17, 15) is 5.11 Å². The molecule has 5 rings (SSSR count). The van der Waals surface area contributed by atoms with E-state index in [0.717, 1.165) is 5.56 Å². The van der Waals surface area contributed by atoms with Gasteiger partial charge < -0.3 is 5.11 Å². The summed E-state index contributed by atoms with van der Waals surface area (Å²) in [5, 5.41) is 18.0. The highest BCUT2D eigenvalue weighted by molar-refractivity contribution is 6.24. The van der Waals surface area contributed by atoms with Gasteiger partial charge in [-0.15, -0.1) is 0 Å². The van der Waals surface area contributed by atoms with Gasteiger partial charge in [0, 0.05) is 0 Å². The monoisotopic (exact) mass is 270 g/mol. The molecule has 1 N–H and O–H groups in total. The van der Waals surface area contributed by atoms with Crippen molar-refractivity contribution < 1.29 is 5.11 Å². The lowest BCUT2D eigenvalue weighted by molar-refractivity contribution is 0.180. The van der Waals surface area contributed by atoms with E-state index in [0.29, 0.717) is 6.42 Å².